The first-order chi connectivity index (χ1) is 6.49. The van der Waals surface area contributed by atoms with Gasteiger partial charge >= 0.3 is 5.97 Å². The molecule has 0 aliphatic heterocycles. The van der Waals surface area contributed by atoms with E-state index in [1.807, 2.05) is 6.92 Å². The molecule has 1 rings (SSSR count). The second-order valence-corrected chi connectivity index (χ2v) is 4.33. The SMILES string of the molecule is CCc1nc(I)c(F)c(C(=O)O)c1Br. The number of hydrogen-bond acceptors (Lipinski definition) is 2. The summed E-state index contributed by atoms with van der Waals surface area (Å²) in [6, 6.07) is 0. The van der Waals surface area contributed by atoms with Crippen LogP contribution in [0, 0.1) is 9.52 Å². The molecule has 1 N–H and O–H groups in total. The monoisotopic (exact) mass is 373 g/mol. The molecule has 0 saturated heterocycles. The molecule has 0 amide bonds. The summed E-state index contributed by atoms with van der Waals surface area (Å²) in [5.74, 6) is -2.08. The molecule has 0 radical (unpaired) electrons. The summed E-state index contributed by atoms with van der Waals surface area (Å²) >= 11 is 4.72. The number of aromatic nitrogens is 1. The van der Waals surface area contributed by atoms with Crippen molar-refractivity contribution in [2.24, 2.45) is 0 Å². The van der Waals surface area contributed by atoms with Gasteiger partial charge in [0.2, 0.25) is 0 Å². The van der Waals surface area contributed by atoms with E-state index in [4.69, 9.17) is 5.11 Å². The number of aromatic carboxylic acids is 1. The molecule has 0 saturated carbocycles. The number of carboxylic acid groups (broad SMARTS) is 1. The number of hydrogen-bond donors (Lipinski definition) is 1. The van der Waals surface area contributed by atoms with Gasteiger partial charge in [0.1, 0.15) is 9.26 Å². The van der Waals surface area contributed by atoms with Crippen LogP contribution in [0.5, 0.6) is 0 Å². The predicted molar refractivity (Wildman–Crippen MR) is 60.9 cm³/mol. The molecule has 3 nitrogen and oxygen atoms in total. The molecular formula is C8H6BrFINO2. The van der Waals surface area contributed by atoms with Gasteiger partial charge in [0.15, 0.2) is 5.82 Å². The molecule has 0 aromatic carbocycles. The molecule has 1 aromatic rings. The van der Waals surface area contributed by atoms with Gasteiger partial charge in [0.05, 0.1) is 10.2 Å². The van der Waals surface area contributed by atoms with Gasteiger partial charge in [0, 0.05) is 0 Å². The summed E-state index contributed by atoms with van der Waals surface area (Å²) in [4.78, 5) is 14.7. The molecule has 0 aliphatic rings. The fraction of sp³-hybridized carbons (Fsp3) is 0.250. The van der Waals surface area contributed by atoms with Crippen molar-refractivity contribution in [1.82, 2.24) is 4.98 Å². The molecule has 1 heterocycles. The summed E-state index contributed by atoms with van der Waals surface area (Å²) in [6.45, 7) is 1.83. The number of halogens is 3. The van der Waals surface area contributed by atoms with Gasteiger partial charge in [0.25, 0.3) is 0 Å². The van der Waals surface area contributed by atoms with Crippen LogP contribution >= 0.6 is 38.5 Å². The Kier molecular flexibility index (Phi) is 3.82. The fourth-order valence-electron chi connectivity index (χ4n) is 0.982. The van der Waals surface area contributed by atoms with E-state index in [0.29, 0.717) is 12.1 Å². The molecule has 0 bridgehead atoms. The fourth-order valence-corrected chi connectivity index (χ4v) is 2.26. The summed E-state index contributed by atoms with van der Waals surface area (Å²) in [6.07, 6.45) is 0.553. The van der Waals surface area contributed by atoms with Crippen LogP contribution in [0.3, 0.4) is 0 Å². The van der Waals surface area contributed by atoms with Crippen LogP contribution in [-0.4, -0.2) is 16.1 Å². The summed E-state index contributed by atoms with van der Waals surface area (Å²) in [5.41, 5.74) is 0.203. The normalized spacial score (nSPS) is 10.3. The first-order valence-electron chi connectivity index (χ1n) is 3.75. The largest absolute Gasteiger partial charge is 0.478 e. The van der Waals surface area contributed by atoms with Crippen molar-refractivity contribution < 1.29 is 14.3 Å². The van der Waals surface area contributed by atoms with E-state index in [2.05, 4.69) is 20.9 Å². The lowest BCUT2D eigenvalue weighted by Crippen LogP contribution is -2.08. The lowest BCUT2D eigenvalue weighted by atomic mass is 10.2. The van der Waals surface area contributed by atoms with Gasteiger partial charge in [-0.3, -0.25) is 0 Å². The second-order valence-electron chi connectivity index (χ2n) is 2.51. The van der Waals surface area contributed by atoms with E-state index in [0.717, 1.165) is 0 Å². The zero-order valence-electron chi connectivity index (χ0n) is 7.14. The standard InChI is InChI=1S/C8H6BrFINO2/c1-2-3-5(9)4(8(13)14)6(10)7(11)12-3/h2H2,1H3,(H,13,14). The van der Waals surface area contributed by atoms with E-state index in [-0.39, 0.29) is 13.7 Å². The Balaban J connectivity index is 3.53. The maximum Gasteiger partial charge on any atom is 0.340 e. The minimum atomic E-state index is -1.29. The number of carbonyl (C=O) groups is 1. The van der Waals surface area contributed by atoms with Crippen LogP contribution in [0.25, 0.3) is 0 Å². The van der Waals surface area contributed by atoms with Crippen LogP contribution in [0.2, 0.25) is 0 Å². The van der Waals surface area contributed by atoms with Gasteiger partial charge in [-0.05, 0) is 44.9 Å². The first kappa shape index (κ1) is 11.8. The van der Waals surface area contributed by atoms with E-state index in [1.54, 1.807) is 22.6 Å². The Morgan fingerprint density at radius 3 is 2.71 bits per heavy atom. The molecule has 0 aliphatic carbocycles. The molecule has 1 aromatic heterocycles. The Labute approximate surface area is 102 Å². The third-order valence-corrected chi connectivity index (χ3v) is 3.22. The molecule has 0 unspecified atom stereocenters. The van der Waals surface area contributed by atoms with Crippen LogP contribution in [0.4, 0.5) is 4.39 Å². The maximum absolute atomic E-state index is 13.3. The molecule has 14 heavy (non-hydrogen) atoms. The average molecular weight is 374 g/mol. The average Bonchev–Trinajstić information content (AvgIpc) is 2.11. The summed E-state index contributed by atoms with van der Waals surface area (Å²) in [5, 5.41) is 8.79. The lowest BCUT2D eigenvalue weighted by Gasteiger charge is -2.07. The Morgan fingerprint density at radius 1 is 1.71 bits per heavy atom. The van der Waals surface area contributed by atoms with Crippen LogP contribution in [-0.2, 0) is 6.42 Å². The van der Waals surface area contributed by atoms with Gasteiger partial charge in [-0.2, -0.15) is 0 Å². The van der Waals surface area contributed by atoms with Crippen molar-refractivity contribution in [2.45, 2.75) is 13.3 Å². The van der Waals surface area contributed by atoms with E-state index < -0.39 is 11.8 Å². The molecule has 6 heteroatoms. The quantitative estimate of drug-likeness (QED) is 0.640. The second kappa shape index (κ2) is 4.52. The predicted octanol–water partition coefficient (Wildman–Crippen LogP) is 2.85. The van der Waals surface area contributed by atoms with Crippen molar-refractivity contribution in [3.8, 4) is 0 Å². The van der Waals surface area contributed by atoms with Crippen molar-refractivity contribution in [2.75, 3.05) is 0 Å². The molecular weight excluding hydrogens is 368 g/mol. The molecule has 0 atom stereocenters. The van der Waals surface area contributed by atoms with Crippen molar-refractivity contribution in [3.05, 3.63) is 25.2 Å². The third kappa shape index (κ3) is 2.05. The van der Waals surface area contributed by atoms with Crippen LogP contribution in [0.15, 0.2) is 4.47 Å². The first-order valence-corrected chi connectivity index (χ1v) is 5.62. The van der Waals surface area contributed by atoms with E-state index in [9.17, 15) is 9.18 Å². The Hall–Kier alpha value is -0.240. The maximum atomic E-state index is 13.3. The minimum absolute atomic E-state index is 0.0834. The summed E-state index contributed by atoms with van der Waals surface area (Å²) < 4.78 is 13.7. The van der Waals surface area contributed by atoms with Gasteiger partial charge in [-0.15, -0.1) is 0 Å². The number of pyridine rings is 1. The third-order valence-electron chi connectivity index (χ3n) is 1.66. The zero-order chi connectivity index (χ0) is 10.9. The molecule has 76 valence electrons. The highest BCUT2D eigenvalue weighted by molar-refractivity contribution is 14.1. The number of carboxylic acids is 1. The number of nitrogens with zero attached hydrogens (tertiary/aromatic N) is 1. The highest BCUT2D eigenvalue weighted by Gasteiger charge is 2.21. The van der Waals surface area contributed by atoms with Crippen molar-refractivity contribution >= 4 is 44.5 Å². The van der Waals surface area contributed by atoms with Crippen LogP contribution < -0.4 is 0 Å². The smallest absolute Gasteiger partial charge is 0.340 e. The van der Waals surface area contributed by atoms with Gasteiger partial charge < -0.3 is 5.11 Å². The number of rotatable bonds is 2. The van der Waals surface area contributed by atoms with Crippen molar-refractivity contribution in [1.29, 1.82) is 0 Å². The van der Waals surface area contributed by atoms with Crippen molar-refractivity contribution in [3.63, 3.8) is 0 Å². The molecule has 0 fully saturated rings. The number of aryl methyl sites for hydroxylation is 1. The summed E-state index contributed by atoms with van der Waals surface area (Å²) in [7, 11) is 0. The Morgan fingerprint density at radius 2 is 2.29 bits per heavy atom. The van der Waals surface area contributed by atoms with Gasteiger partial charge in [-0.1, -0.05) is 6.92 Å². The van der Waals surface area contributed by atoms with E-state index >= 15 is 0 Å². The minimum Gasteiger partial charge on any atom is -0.478 e. The zero-order valence-corrected chi connectivity index (χ0v) is 10.9. The van der Waals surface area contributed by atoms with Gasteiger partial charge in [-0.25, -0.2) is 14.2 Å². The highest BCUT2D eigenvalue weighted by Crippen LogP contribution is 2.26. The van der Waals surface area contributed by atoms with E-state index in [1.165, 1.54) is 0 Å². The molecule has 0 spiro atoms. The topological polar surface area (TPSA) is 50.2 Å². The highest BCUT2D eigenvalue weighted by atomic mass is 127. The Bertz CT molecular complexity index is 397. The van der Waals surface area contributed by atoms with Crippen LogP contribution in [0.1, 0.15) is 23.0 Å². The lowest BCUT2D eigenvalue weighted by molar-refractivity contribution is 0.0690.